The van der Waals surface area contributed by atoms with Crippen LogP contribution < -0.4 is 4.74 Å². The highest BCUT2D eigenvalue weighted by Crippen LogP contribution is 2.14. The van der Waals surface area contributed by atoms with Crippen LogP contribution in [0.15, 0.2) is 30.0 Å². The number of hydrogen-bond donors (Lipinski definition) is 0. The number of ketones is 1. The lowest BCUT2D eigenvalue weighted by atomic mass is 10.1. The number of rotatable bonds is 4. The van der Waals surface area contributed by atoms with Crippen molar-refractivity contribution < 1.29 is 14.5 Å². The molecule has 16 heavy (non-hydrogen) atoms. The number of methoxy groups -OCH3 is 1. The first-order valence-corrected chi connectivity index (χ1v) is 4.55. The number of nitrogens with zero attached hydrogens (tertiary/aromatic N) is 1. The summed E-state index contributed by atoms with van der Waals surface area (Å²) in [5, 5.41) is 10.6. The first kappa shape index (κ1) is 11.9. The van der Waals surface area contributed by atoms with Crippen LogP contribution in [0.25, 0.3) is 6.08 Å². The smallest absolute Gasteiger partial charge is 0.312 e. The van der Waals surface area contributed by atoms with E-state index in [1.165, 1.54) is 13.2 Å². The lowest BCUT2D eigenvalue weighted by Gasteiger charge is -1.99. The normalized spacial score (nSPS) is 11.0. The number of ether oxygens (including phenoxy) is 1. The molecule has 0 unspecified atom stereocenters. The molecular formula is C11H11NO4. The third kappa shape index (κ3) is 2.91. The molecule has 1 rings (SSSR count). The van der Waals surface area contributed by atoms with E-state index in [0.717, 1.165) is 6.92 Å². The van der Waals surface area contributed by atoms with E-state index in [1.54, 1.807) is 24.3 Å². The van der Waals surface area contributed by atoms with Crippen molar-refractivity contribution in [1.82, 2.24) is 0 Å². The van der Waals surface area contributed by atoms with Crippen LogP contribution in [-0.2, 0) is 4.79 Å². The van der Waals surface area contributed by atoms with Crippen molar-refractivity contribution in [1.29, 1.82) is 0 Å². The zero-order chi connectivity index (χ0) is 12.1. The number of carbonyl (C=O) groups excluding carboxylic acids is 1. The molecule has 0 heterocycles. The Morgan fingerprint density at radius 3 is 2.31 bits per heavy atom. The van der Waals surface area contributed by atoms with Crippen molar-refractivity contribution in [2.24, 2.45) is 0 Å². The van der Waals surface area contributed by atoms with Gasteiger partial charge < -0.3 is 4.74 Å². The van der Waals surface area contributed by atoms with E-state index in [2.05, 4.69) is 0 Å². The van der Waals surface area contributed by atoms with Gasteiger partial charge in [-0.25, -0.2) is 0 Å². The first-order chi connectivity index (χ1) is 7.54. The third-order valence-electron chi connectivity index (χ3n) is 1.98. The minimum Gasteiger partial charge on any atom is -0.497 e. The monoisotopic (exact) mass is 221 g/mol. The zero-order valence-electron chi connectivity index (χ0n) is 8.97. The van der Waals surface area contributed by atoms with Crippen LogP contribution in [0.4, 0.5) is 0 Å². The lowest BCUT2D eigenvalue weighted by molar-refractivity contribution is -0.417. The molecule has 5 heteroatoms. The number of Topliss-reactive ketones (excluding diaryl/α,β-unsaturated/α-hetero) is 1. The van der Waals surface area contributed by atoms with Crippen LogP contribution in [0.1, 0.15) is 12.5 Å². The van der Waals surface area contributed by atoms with Gasteiger partial charge in [-0.2, -0.15) is 0 Å². The summed E-state index contributed by atoms with van der Waals surface area (Å²) in [4.78, 5) is 20.9. The molecule has 0 spiro atoms. The lowest BCUT2D eigenvalue weighted by Crippen LogP contribution is -2.07. The molecule has 0 bridgehead atoms. The van der Waals surface area contributed by atoms with Gasteiger partial charge in [0, 0.05) is 13.0 Å². The molecule has 1 aromatic rings. The molecule has 0 radical (unpaired) electrons. The van der Waals surface area contributed by atoms with E-state index in [-0.39, 0.29) is 0 Å². The van der Waals surface area contributed by atoms with Crippen LogP contribution >= 0.6 is 0 Å². The van der Waals surface area contributed by atoms with Gasteiger partial charge >= 0.3 is 5.70 Å². The molecule has 1 aromatic carbocycles. The summed E-state index contributed by atoms with van der Waals surface area (Å²) in [6.45, 7) is 1.16. The second-order valence-electron chi connectivity index (χ2n) is 3.12. The van der Waals surface area contributed by atoms with Gasteiger partial charge in [-0.1, -0.05) is 12.1 Å². The standard InChI is InChI=1S/C11H11NO4/c1-8(13)11(12(14)15)7-9-3-5-10(16-2)6-4-9/h3-7H,1-2H3. The van der Waals surface area contributed by atoms with Gasteiger partial charge in [0.05, 0.1) is 12.0 Å². The van der Waals surface area contributed by atoms with Crippen molar-refractivity contribution in [3.05, 3.63) is 45.6 Å². The summed E-state index contributed by atoms with van der Waals surface area (Å²) < 4.78 is 4.95. The molecule has 0 atom stereocenters. The molecule has 0 aliphatic heterocycles. The minimum atomic E-state index is -0.688. The van der Waals surface area contributed by atoms with Crippen molar-refractivity contribution in [3.8, 4) is 5.75 Å². The van der Waals surface area contributed by atoms with Crippen LogP contribution in [0.5, 0.6) is 5.75 Å². The average Bonchev–Trinajstić information content (AvgIpc) is 2.25. The number of hydrogen-bond acceptors (Lipinski definition) is 4. The molecule has 0 saturated heterocycles. The molecule has 5 nitrogen and oxygen atoms in total. The van der Waals surface area contributed by atoms with Crippen LogP contribution in [0.2, 0.25) is 0 Å². The first-order valence-electron chi connectivity index (χ1n) is 4.55. The third-order valence-corrected chi connectivity index (χ3v) is 1.98. The summed E-state index contributed by atoms with van der Waals surface area (Å²) in [5.41, 5.74) is 0.160. The SMILES string of the molecule is COc1ccc(C=C(C(C)=O)[N+](=O)[O-])cc1. The summed E-state index contributed by atoms with van der Waals surface area (Å²) in [5.74, 6) is 0.0865. The predicted octanol–water partition coefficient (Wildman–Crippen LogP) is 1.90. The Balaban J connectivity index is 3.04. The van der Waals surface area contributed by atoms with Crippen LogP contribution in [-0.4, -0.2) is 17.8 Å². The summed E-state index contributed by atoms with van der Waals surface area (Å²) >= 11 is 0. The Kier molecular flexibility index (Phi) is 3.77. The fourth-order valence-electron chi connectivity index (χ4n) is 1.14. The molecule has 0 fully saturated rings. The van der Waals surface area contributed by atoms with Crippen molar-refractivity contribution >= 4 is 11.9 Å². The van der Waals surface area contributed by atoms with Gasteiger partial charge in [0.1, 0.15) is 5.75 Å². The summed E-state index contributed by atoms with van der Waals surface area (Å²) in [6.07, 6.45) is 1.24. The highest BCUT2D eigenvalue weighted by Gasteiger charge is 2.16. The minimum absolute atomic E-state index is 0.426. The van der Waals surface area contributed by atoms with Crippen molar-refractivity contribution in [2.45, 2.75) is 6.92 Å². The highest BCUT2D eigenvalue weighted by atomic mass is 16.6. The van der Waals surface area contributed by atoms with Gasteiger partial charge in [-0.3, -0.25) is 14.9 Å². The molecule has 0 N–H and O–H groups in total. The van der Waals surface area contributed by atoms with E-state index >= 15 is 0 Å². The van der Waals surface area contributed by atoms with E-state index in [9.17, 15) is 14.9 Å². The molecular weight excluding hydrogens is 210 g/mol. The Labute approximate surface area is 92.5 Å². The van der Waals surface area contributed by atoms with Crippen LogP contribution in [0, 0.1) is 10.1 Å². The number of nitro groups is 1. The van der Waals surface area contributed by atoms with E-state index in [0.29, 0.717) is 11.3 Å². The quantitative estimate of drug-likeness (QED) is 0.442. The maximum atomic E-state index is 11.0. The molecule has 0 aromatic heterocycles. The average molecular weight is 221 g/mol. The fourth-order valence-corrected chi connectivity index (χ4v) is 1.14. The maximum absolute atomic E-state index is 11.0. The van der Waals surface area contributed by atoms with Gasteiger partial charge in [0.15, 0.2) is 0 Å². The topological polar surface area (TPSA) is 69.4 Å². The number of benzene rings is 1. The summed E-state index contributed by atoms with van der Waals surface area (Å²) in [7, 11) is 1.53. The van der Waals surface area contributed by atoms with Crippen LogP contribution in [0.3, 0.4) is 0 Å². The van der Waals surface area contributed by atoms with Crippen molar-refractivity contribution in [3.63, 3.8) is 0 Å². The predicted molar refractivity (Wildman–Crippen MR) is 58.6 cm³/mol. The molecule has 0 aliphatic rings. The largest absolute Gasteiger partial charge is 0.497 e. The van der Waals surface area contributed by atoms with Crippen molar-refractivity contribution in [2.75, 3.05) is 7.11 Å². The molecule has 84 valence electrons. The molecule has 0 aliphatic carbocycles. The van der Waals surface area contributed by atoms with Gasteiger partial charge in [0.2, 0.25) is 5.78 Å². The highest BCUT2D eigenvalue weighted by molar-refractivity contribution is 5.95. The van der Waals surface area contributed by atoms with E-state index in [1.807, 2.05) is 0 Å². The van der Waals surface area contributed by atoms with Gasteiger partial charge in [-0.05, 0) is 17.7 Å². The van der Waals surface area contributed by atoms with Gasteiger partial charge in [-0.15, -0.1) is 0 Å². The Morgan fingerprint density at radius 2 is 1.94 bits per heavy atom. The zero-order valence-corrected chi connectivity index (χ0v) is 8.97. The Morgan fingerprint density at radius 1 is 1.38 bits per heavy atom. The maximum Gasteiger partial charge on any atom is 0.312 e. The number of carbonyl (C=O) groups is 1. The Bertz CT molecular complexity index is 418. The number of allylic oxidation sites excluding steroid dienone is 1. The van der Waals surface area contributed by atoms with Gasteiger partial charge in [0.25, 0.3) is 0 Å². The Hall–Kier alpha value is -2.17. The van der Waals surface area contributed by atoms with E-state index in [4.69, 9.17) is 4.74 Å². The molecule has 0 saturated carbocycles. The summed E-state index contributed by atoms with van der Waals surface area (Å²) in [6, 6.07) is 6.63. The fraction of sp³-hybridized carbons (Fsp3) is 0.182. The molecule has 0 amide bonds. The second-order valence-corrected chi connectivity index (χ2v) is 3.12. The van der Waals surface area contributed by atoms with E-state index < -0.39 is 16.4 Å². The second kappa shape index (κ2) is 5.06.